The van der Waals surface area contributed by atoms with Crippen molar-refractivity contribution in [2.24, 2.45) is 5.10 Å². The highest BCUT2D eigenvalue weighted by Crippen LogP contribution is 2.22. The van der Waals surface area contributed by atoms with E-state index in [4.69, 9.17) is 9.15 Å². The van der Waals surface area contributed by atoms with Crippen LogP contribution in [-0.4, -0.2) is 24.7 Å². The summed E-state index contributed by atoms with van der Waals surface area (Å²) in [4.78, 5) is 23.6. The summed E-state index contributed by atoms with van der Waals surface area (Å²) in [5.74, 6) is 0.465. The molecule has 6 nitrogen and oxygen atoms in total. The predicted octanol–water partition coefficient (Wildman–Crippen LogP) is 3.89. The van der Waals surface area contributed by atoms with E-state index < -0.39 is 0 Å². The molecule has 1 aromatic heterocycles. The zero-order valence-corrected chi connectivity index (χ0v) is 14.7. The van der Waals surface area contributed by atoms with Crippen LogP contribution < -0.4 is 5.43 Å². The van der Waals surface area contributed by atoms with Crippen molar-refractivity contribution in [3.8, 4) is 11.3 Å². The van der Waals surface area contributed by atoms with Gasteiger partial charge in [-0.2, -0.15) is 5.10 Å². The summed E-state index contributed by atoms with van der Waals surface area (Å²) in [5.41, 5.74) is 4.27. The van der Waals surface area contributed by atoms with Crippen LogP contribution in [0.5, 0.6) is 0 Å². The minimum Gasteiger partial charge on any atom is -0.462 e. The van der Waals surface area contributed by atoms with E-state index in [2.05, 4.69) is 10.5 Å². The third kappa shape index (κ3) is 4.70. The molecular formula is C21H18N2O4. The molecule has 0 atom stereocenters. The van der Waals surface area contributed by atoms with Gasteiger partial charge in [-0.1, -0.05) is 30.3 Å². The number of benzene rings is 2. The molecule has 27 heavy (non-hydrogen) atoms. The molecule has 3 aromatic rings. The molecule has 0 spiro atoms. The molecule has 0 saturated carbocycles. The molecule has 0 aliphatic heterocycles. The Bertz CT molecular complexity index is 944. The molecule has 0 radical (unpaired) electrons. The van der Waals surface area contributed by atoms with Crippen LogP contribution in [0.4, 0.5) is 0 Å². The number of carbonyl (C=O) groups excluding carboxylic acids is 2. The first-order valence-corrected chi connectivity index (χ1v) is 8.43. The summed E-state index contributed by atoms with van der Waals surface area (Å²) in [6.45, 7) is 2.10. The molecule has 1 N–H and O–H groups in total. The van der Waals surface area contributed by atoms with Crippen LogP contribution >= 0.6 is 0 Å². The highest BCUT2D eigenvalue weighted by Gasteiger charge is 2.08. The number of rotatable bonds is 6. The van der Waals surface area contributed by atoms with Crippen LogP contribution in [0.3, 0.4) is 0 Å². The molecule has 0 fully saturated rings. The van der Waals surface area contributed by atoms with Gasteiger partial charge in [0.05, 0.1) is 18.4 Å². The number of carbonyl (C=O) groups is 2. The molecule has 2 aromatic carbocycles. The molecule has 136 valence electrons. The fraction of sp³-hybridized carbons (Fsp3) is 0.0952. The molecule has 0 bridgehead atoms. The number of ether oxygens (including phenoxy) is 1. The third-order valence-electron chi connectivity index (χ3n) is 3.70. The van der Waals surface area contributed by atoms with Crippen molar-refractivity contribution in [3.05, 3.63) is 83.6 Å². The summed E-state index contributed by atoms with van der Waals surface area (Å²) in [7, 11) is 0. The van der Waals surface area contributed by atoms with E-state index in [1.807, 2.05) is 6.07 Å². The lowest BCUT2D eigenvalue weighted by molar-refractivity contribution is 0.0526. The molecule has 6 heteroatoms. The van der Waals surface area contributed by atoms with Gasteiger partial charge in [0.25, 0.3) is 5.91 Å². The molecule has 1 amide bonds. The van der Waals surface area contributed by atoms with E-state index in [0.717, 1.165) is 5.56 Å². The van der Waals surface area contributed by atoms with E-state index >= 15 is 0 Å². The summed E-state index contributed by atoms with van der Waals surface area (Å²) in [6.07, 6.45) is 1.43. The second-order valence-electron chi connectivity index (χ2n) is 5.56. The van der Waals surface area contributed by atoms with E-state index in [-0.39, 0.29) is 11.9 Å². The summed E-state index contributed by atoms with van der Waals surface area (Å²) < 4.78 is 10.6. The Balaban J connectivity index is 1.63. The van der Waals surface area contributed by atoms with Crippen molar-refractivity contribution in [3.63, 3.8) is 0 Å². The van der Waals surface area contributed by atoms with Crippen molar-refractivity contribution >= 4 is 18.1 Å². The standard InChI is InChI=1S/C21H18N2O4/c1-2-26-21(25)17-10-8-15(9-11-17)19-13-12-18(27-19)14-22-23-20(24)16-6-4-3-5-7-16/h3-14H,2H2,1H3,(H,23,24)/b22-14+. The molecule has 3 rings (SSSR count). The van der Waals surface area contributed by atoms with E-state index in [9.17, 15) is 9.59 Å². The monoisotopic (exact) mass is 362 g/mol. The number of esters is 1. The van der Waals surface area contributed by atoms with Crippen LogP contribution in [0.2, 0.25) is 0 Å². The maximum Gasteiger partial charge on any atom is 0.338 e. The smallest absolute Gasteiger partial charge is 0.338 e. The van der Waals surface area contributed by atoms with Gasteiger partial charge >= 0.3 is 5.97 Å². The first-order chi connectivity index (χ1) is 13.2. The number of hydrogen-bond donors (Lipinski definition) is 1. The van der Waals surface area contributed by atoms with Crippen molar-refractivity contribution in [1.29, 1.82) is 0 Å². The topological polar surface area (TPSA) is 80.9 Å². The Kier molecular flexibility index (Phi) is 5.79. The van der Waals surface area contributed by atoms with Gasteiger partial charge in [0.1, 0.15) is 11.5 Å². The second kappa shape index (κ2) is 8.62. The number of furan rings is 1. The van der Waals surface area contributed by atoms with Crippen LogP contribution in [0, 0.1) is 0 Å². The quantitative estimate of drug-likeness (QED) is 0.410. The summed E-state index contributed by atoms with van der Waals surface area (Å²) in [6, 6.07) is 19.3. The molecule has 0 saturated heterocycles. The molecule has 0 aliphatic rings. The van der Waals surface area contributed by atoms with Crippen LogP contribution in [0.15, 0.2) is 76.2 Å². The van der Waals surface area contributed by atoms with Gasteiger partial charge in [-0.25, -0.2) is 10.2 Å². The molecule has 0 aliphatic carbocycles. The number of nitrogens with one attached hydrogen (secondary N) is 1. The largest absolute Gasteiger partial charge is 0.462 e. The Labute approximate surface area is 156 Å². The Hall–Kier alpha value is -3.67. The average Bonchev–Trinajstić information content (AvgIpc) is 3.18. The lowest BCUT2D eigenvalue weighted by Crippen LogP contribution is -2.17. The molecular weight excluding hydrogens is 344 g/mol. The SMILES string of the molecule is CCOC(=O)c1ccc(-c2ccc(/C=N/NC(=O)c3ccccc3)o2)cc1. The van der Waals surface area contributed by atoms with Gasteiger partial charge < -0.3 is 9.15 Å². The minimum atomic E-state index is -0.356. The Morgan fingerprint density at radius 1 is 1.00 bits per heavy atom. The van der Waals surface area contributed by atoms with Crippen molar-refractivity contribution in [2.75, 3.05) is 6.61 Å². The summed E-state index contributed by atoms with van der Waals surface area (Å²) in [5, 5.41) is 3.90. The first kappa shape index (κ1) is 18.1. The minimum absolute atomic E-state index is 0.298. The first-order valence-electron chi connectivity index (χ1n) is 8.43. The maximum absolute atomic E-state index is 11.9. The van der Waals surface area contributed by atoms with Crippen molar-refractivity contribution in [2.45, 2.75) is 6.92 Å². The Morgan fingerprint density at radius 3 is 2.44 bits per heavy atom. The second-order valence-corrected chi connectivity index (χ2v) is 5.56. The van der Waals surface area contributed by atoms with Crippen LogP contribution in [-0.2, 0) is 4.74 Å². The zero-order chi connectivity index (χ0) is 19.1. The number of hydrogen-bond acceptors (Lipinski definition) is 5. The van der Waals surface area contributed by atoms with Crippen LogP contribution in [0.25, 0.3) is 11.3 Å². The van der Waals surface area contributed by atoms with Gasteiger partial charge in [-0.15, -0.1) is 0 Å². The molecule has 0 unspecified atom stereocenters. The van der Waals surface area contributed by atoms with Gasteiger partial charge in [-0.05, 0) is 43.3 Å². The fourth-order valence-electron chi connectivity index (χ4n) is 2.37. The predicted molar refractivity (Wildman–Crippen MR) is 102 cm³/mol. The van der Waals surface area contributed by atoms with Crippen LogP contribution in [0.1, 0.15) is 33.4 Å². The number of amides is 1. The van der Waals surface area contributed by atoms with Gasteiger partial charge in [0, 0.05) is 11.1 Å². The third-order valence-corrected chi connectivity index (χ3v) is 3.70. The van der Waals surface area contributed by atoms with Gasteiger partial charge in [0.15, 0.2) is 0 Å². The highest BCUT2D eigenvalue weighted by atomic mass is 16.5. The molecule has 1 heterocycles. The highest BCUT2D eigenvalue weighted by molar-refractivity contribution is 5.94. The van der Waals surface area contributed by atoms with Gasteiger partial charge in [-0.3, -0.25) is 4.79 Å². The average molecular weight is 362 g/mol. The number of hydrazone groups is 1. The van der Waals surface area contributed by atoms with E-state index in [0.29, 0.717) is 29.3 Å². The summed E-state index contributed by atoms with van der Waals surface area (Å²) >= 11 is 0. The Morgan fingerprint density at radius 2 is 1.74 bits per heavy atom. The van der Waals surface area contributed by atoms with E-state index in [1.54, 1.807) is 67.6 Å². The fourth-order valence-corrected chi connectivity index (χ4v) is 2.37. The zero-order valence-electron chi connectivity index (χ0n) is 14.7. The van der Waals surface area contributed by atoms with Gasteiger partial charge in [0.2, 0.25) is 0 Å². The van der Waals surface area contributed by atoms with Crippen molar-refractivity contribution < 1.29 is 18.7 Å². The van der Waals surface area contributed by atoms with Crippen molar-refractivity contribution in [1.82, 2.24) is 5.43 Å². The lowest BCUT2D eigenvalue weighted by Gasteiger charge is -2.02. The van der Waals surface area contributed by atoms with E-state index in [1.165, 1.54) is 6.21 Å². The maximum atomic E-state index is 11.9. The normalized spacial score (nSPS) is 10.7. The number of nitrogens with zero attached hydrogens (tertiary/aromatic N) is 1. The lowest BCUT2D eigenvalue weighted by atomic mass is 10.1.